The van der Waals surface area contributed by atoms with Crippen molar-refractivity contribution in [2.75, 3.05) is 0 Å². The number of rotatable bonds is 3. The summed E-state index contributed by atoms with van der Waals surface area (Å²) in [4.78, 5) is 0. The summed E-state index contributed by atoms with van der Waals surface area (Å²) in [5.74, 6) is 0.505. The van der Waals surface area contributed by atoms with E-state index in [4.69, 9.17) is 0 Å². The molecular formula is C26H26. The predicted octanol–water partition coefficient (Wildman–Crippen LogP) is 7.19. The summed E-state index contributed by atoms with van der Waals surface area (Å²) in [5, 5.41) is 0. The highest BCUT2D eigenvalue weighted by Gasteiger charge is 2.21. The van der Waals surface area contributed by atoms with E-state index < -0.39 is 0 Å². The van der Waals surface area contributed by atoms with Crippen molar-refractivity contribution in [3.63, 3.8) is 0 Å². The molecule has 0 aliphatic heterocycles. The second kappa shape index (κ2) is 6.61. The highest BCUT2D eigenvalue weighted by Crippen LogP contribution is 2.42. The lowest BCUT2D eigenvalue weighted by Gasteiger charge is -2.18. The molecule has 0 heteroatoms. The zero-order valence-corrected chi connectivity index (χ0v) is 16.1. The fraction of sp³-hybridized carbons (Fsp3) is 0.231. The van der Waals surface area contributed by atoms with Gasteiger partial charge < -0.3 is 0 Å². The Bertz CT molecular complexity index is 968. The van der Waals surface area contributed by atoms with E-state index in [0.717, 1.165) is 6.42 Å². The Morgan fingerprint density at radius 1 is 0.769 bits per heavy atom. The average Bonchev–Trinajstić information content (AvgIpc) is 3.04. The molecule has 130 valence electrons. The van der Waals surface area contributed by atoms with Crippen LogP contribution in [0.25, 0.3) is 22.8 Å². The molecule has 3 aromatic rings. The number of hydrogen-bond acceptors (Lipinski definition) is 0. The molecule has 1 aliphatic carbocycles. The monoisotopic (exact) mass is 338 g/mol. The summed E-state index contributed by atoms with van der Waals surface area (Å²) in [6, 6.07) is 22.4. The van der Waals surface area contributed by atoms with Gasteiger partial charge in [-0.1, -0.05) is 85.6 Å². The van der Waals surface area contributed by atoms with Crippen LogP contribution in [-0.4, -0.2) is 0 Å². The normalized spacial score (nSPS) is 13.0. The molecule has 0 heterocycles. The van der Waals surface area contributed by atoms with Crippen molar-refractivity contribution in [2.45, 2.75) is 40.0 Å². The van der Waals surface area contributed by atoms with Gasteiger partial charge in [0, 0.05) is 0 Å². The molecular weight excluding hydrogens is 312 g/mol. The van der Waals surface area contributed by atoms with Gasteiger partial charge in [-0.25, -0.2) is 0 Å². The first-order valence-corrected chi connectivity index (χ1v) is 9.53. The summed E-state index contributed by atoms with van der Waals surface area (Å²) in [6.45, 7) is 8.98. The quantitative estimate of drug-likeness (QED) is 0.474. The summed E-state index contributed by atoms with van der Waals surface area (Å²) in [6.07, 6.45) is 3.44. The van der Waals surface area contributed by atoms with Gasteiger partial charge in [0.1, 0.15) is 0 Å². The first-order valence-electron chi connectivity index (χ1n) is 9.53. The highest BCUT2D eigenvalue weighted by molar-refractivity contribution is 5.95. The molecule has 0 saturated heterocycles. The van der Waals surface area contributed by atoms with Crippen molar-refractivity contribution in [1.29, 1.82) is 0 Å². The standard InChI is InChI=1S/C26H26/c1-17(2)24-11-10-21-15-22(20-8-6-5-7-9-20)16-25(21)26(24)23-13-18(3)12-19(4)14-23/h5-14,16-17H,15H2,1-4H3. The summed E-state index contributed by atoms with van der Waals surface area (Å²) in [5.41, 5.74) is 12.5. The molecule has 0 saturated carbocycles. The molecule has 0 aromatic heterocycles. The van der Waals surface area contributed by atoms with Gasteiger partial charge in [-0.2, -0.15) is 0 Å². The molecule has 0 nitrogen and oxygen atoms in total. The second-order valence-electron chi connectivity index (χ2n) is 7.85. The summed E-state index contributed by atoms with van der Waals surface area (Å²) in [7, 11) is 0. The first-order chi connectivity index (χ1) is 12.5. The van der Waals surface area contributed by atoms with Gasteiger partial charge in [-0.05, 0) is 71.2 Å². The van der Waals surface area contributed by atoms with Crippen LogP contribution in [-0.2, 0) is 6.42 Å². The van der Waals surface area contributed by atoms with Crippen molar-refractivity contribution in [2.24, 2.45) is 0 Å². The van der Waals surface area contributed by atoms with E-state index in [1.165, 1.54) is 50.1 Å². The Kier molecular flexibility index (Phi) is 4.28. The van der Waals surface area contributed by atoms with Crippen LogP contribution in [0.3, 0.4) is 0 Å². The topological polar surface area (TPSA) is 0 Å². The lowest BCUT2D eigenvalue weighted by Crippen LogP contribution is -1.98. The van der Waals surface area contributed by atoms with Crippen LogP contribution in [0, 0.1) is 13.8 Å². The van der Waals surface area contributed by atoms with Crippen molar-refractivity contribution < 1.29 is 0 Å². The fourth-order valence-electron chi connectivity index (χ4n) is 4.19. The van der Waals surface area contributed by atoms with Crippen LogP contribution in [0.1, 0.15) is 53.1 Å². The lowest BCUT2D eigenvalue weighted by molar-refractivity contribution is 0.867. The Morgan fingerprint density at radius 3 is 2.12 bits per heavy atom. The van der Waals surface area contributed by atoms with Crippen molar-refractivity contribution >= 4 is 11.6 Å². The van der Waals surface area contributed by atoms with Gasteiger partial charge in [0.25, 0.3) is 0 Å². The summed E-state index contributed by atoms with van der Waals surface area (Å²) < 4.78 is 0. The van der Waals surface area contributed by atoms with E-state index in [9.17, 15) is 0 Å². The van der Waals surface area contributed by atoms with Crippen LogP contribution in [0.2, 0.25) is 0 Å². The molecule has 4 rings (SSSR count). The van der Waals surface area contributed by atoms with Gasteiger partial charge in [0.2, 0.25) is 0 Å². The molecule has 1 aliphatic rings. The van der Waals surface area contributed by atoms with Gasteiger partial charge >= 0.3 is 0 Å². The SMILES string of the molecule is Cc1cc(C)cc(-c2c(C(C)C)ccc3c2C=C(c2ccccc2)C3)c1. The Labute approximate surface area is 157 Å². The van der Waals surface area contributed by atoms with E-state index in [1.807, 2.05) is 0 Å². The Morgan fingerprint density at radius 2 is 1.46 bits per heavy atom. The average molecular weight is 338 g/mol. The minimum absolute atomic E-state index is 0.505. The molecule has 0 amide bonds. The lowest BCUT2D eigenvalue weighted by atomic mass is 9.86. The van der Waals surface area contributed by atoms with E-state index in [1.54, 1.807) is 0 Å². The maximum atomic E-state index is 2.42. The third kappa shape index (κ3) is 3.01. The molecule has 0 unspecified atom stereocenters. The molecule has 3 aromatic carbocycles. The van der Waals surface area contributed by atoms with Crippen LogP contribution in [0.5, 0.6) is 0 Å². The molecule has 26 heavy (non-hydrogen) atoms. The number of fused-ring (bicyclic) bond motifs is 1. The van der Waals surface area contributed by atoms with Gasteiger partial charge in [-0.15, -0.1) is 0 Å². The predicted molar refractivity (Wildman–Crippen MR) is 113 cm³/mol. The number of allylic oxidation sites excluding steroid dienone is 1. The Hall–Kier alpha value is -2.60. The second-order valence-corrected chi connectivity index (χ2v) is 7.85. The van der Waals surface area contributed by atoms with Crippen LogP contribution in [0.15, 0.2) is 60.7 Å². The van der Waals surface area contributed by atoms with Gasteiger partial charge in [0.15, 0.2) is 0 Å². The van der Waals surface area contributed by atoms with E-state index in [-0.39, 0.29) is 0 Å². The zero-order valence-electron chi connectivity index (χ0n) is 16.1. The zero-order chi connectivity index (χ0) is 18.3. The first kappa shape index (κ1) is 16.8. The Balaban J connectivity index is 1.94. The van der Waals surface area contributed by atoms with E-state index in [2.05, 4.69) is 94.4 Å². The highest BCUT2D eigenvalue weighted by atomic mass is 14.3. The molecule has 0 N–H and O–H groups in total. The number of benzene rings is 3. The molecule has 0 spiro atoms. The molecule has 0 radical (unpaired) electrons. The number of aryl methyl sites for hydroxylation is 2. The van der Waals surface area contributed by atoms with E-state index >= 15 is 0 Å². The fourth-order valence-corrected chi connectivity index (χ4v) is 4.19. The molecule has 0 atom stereocenters. The molecule has 0 bridgehead atoms. The summed E-state index contributed by atoms with van der Waals surface area (Å²) >= 11 is 0. The third-order valence-corrected chi connectivity index (χ3v) is 5.34. The minimum atomic E-state index is 0.505. The van der Waals surface area contributed by atoms with Gasteiger partial charge in [0.05, 0.1) is 0 Å². The van der Waals surface area contributed by atoms with Gasteiger partial charge in [-0.3, -0.25) is 0 Å². The van der Waals surface area contributed by atoms with Crippen molar-refractivity contribution in [1.82, 2.24) is 0 Å². The third-order valence-electron chi connectivity index (χ3n) is 5.34. The number of hydrogen-bond donors (Lipinski definition) is 0. The van der Waals surface area contributed by atoms with Crippen molar-refractivity contribution in [3.05, 3.63) is 94.0 Å². The minimum Gasteiger partial charge on any atom is -0.0622 e. The maximum absolute atomic E-state index is 2.42. The maximum Gasteiger partial charge on any atom is -0.00134 e. The van der Waals surface area contributed by atoms with Crippen LogP contribution < -0.4 is 0 Å². The van der Waals surface area contributed by atoms with Crippen LogP contribution >= 0.6 is 0 Å². The van der Waals surface area contributed by atoms with Crippen molar-refractivity contribution in [3.8, 4) is 11.1 Å². The van der Waals surface area contributed by atoms with E-state index in [0.29, 0.717) is 5.92 Å². The van der Waals surface area contributed by atoms with Crippen LogP contribution in [0.4, 0.5) is 0 Å². The molecule has 0 fully saturated rings. The smallest absolute Gasteiger partial charge is 0.00134 e. The largest absolute Gasteiger partial charge is 0.0622 e.